The van der Waals surface area contributed by atoms with Crippen LogP contribution in [0.5, 0.6) is 0 Å². The Morgan fingerprint density at radius 3 is 2.50 bits per heavy atom. The summed E-state index contributed by atoms with van der Waals surface area (Å²) in [6, 6.07) is 12.2. The molecule has 2 amide bonds. The van der Waals surface area contributed by atoms with E-state index in [1.807, 2.05) is 0 Å². The van der Waals surface area contributed by atoms with E-state index in [-0.39, 0.29) is 5.91 Å². The van der Waals surface area contributed by atoms with Crippen LogP contribution >= 0.6 is 22.9 Å². The van der Waals surface area contributed by atoms with Gasteiger partial charge in [-0.3, -0.25) is 9.59 Å². The van der Waals surface area contributed by atoms with Gasteiger partial charge < -0.3 is 10.6 Å². The number of nitrogens with one attached hydrogen (secondary N) is 2. The third-order valence-corrected chi connectivity index (χ3v) is 4.87. The second-order valence-corrected chi connectivity index (χ2v) is 6.89. The van der Waals surface area contributed by atoms with E-state index in [4.69, 9.17) is 11.6 Å². The molecule has 0 spiro atoms. The minimum absolute atomic E-state index is 0.291. The minimum Gasteiger partial charge on any atom is -0.322 e. The first kappa shape index (κ1) is 18.1. The molecular formula is C19H14ClFN2O2S. The Hall–Kier alpha value is -2.70. The number of halogens is 2. The van der Waals surface area contributed by atoms with Crippen LogP contribution in [0.4, 0.5) is 15.8 Å². The van der Waals surface area contributed by atoms with Crippen molar-refractivity contribution in [3.8, 4) is 0 Å². The number of hydrogen-bond acceptors (Lipinski definition) is 3. The van der Waals surface area contributed by atoms with Crippen molar-refractivity contribution < 1.29 is 14.0 Å². The third-order valence-electron chi connectivity index (χ3n) is 3.67. The molecule has 26 heavy (non-hydrogen) atoms. The van der Waals surface area contributed by atoms with Crippen molar-refractivity contribution in [1.29, 1.82) is 0 Å². The molecule has 0 aliphatic carbocycles. The van der Waals surface area contributed by atoms with Crippen LogP contribution in [0.25, 0.3) is 0 Å². The van der Waals surface area contributed by atoms with Gasteiger partial charge in [-0.2, -0.15) is 0 Å². The Balaban J connectivity index is 1.81. The van der Waals surface area contributed by atoms with E-state index in [1.54, 1.807) is 30.5 Å². The predicted octanol–water partition coefficient (Wildman–Crippen LogP) is 5.35. The molecule has 3 aromatic rings. The van der Waals surface area contributed by atoms with Crippen LogP contribution in [-0.4, -0.2) is 11.8 Å². The Kier molecular flexibility index (Phi) is 5.35. The summed E-state index contributed by atoms with van der Waals surface area (Å²) in [6.07, 6.45) is 0. The van der Waals surface area contributed by atoms with Crippen molar-refractivity contribution >= 4 is 46.1 Å². The summed E-state index contributed by atoms with van der Waals surface area (Å²) >= 11 is 7.42. The first-order chi connectivity index (χ1) is 12.4. The standard InChI is InChI=1S/C19H14ClFN2O2S/c1-11-4-6-13(21)10-15(11)22-18(24)12-5-7-14(20)16(9-12)23-19(25)17-3-2-8-26-17/h2-10H,1H3,(H,22,24)(H,23,25). The van der Waals surface area contributed by atoms with E-state index in [1.165, 1.54) is 41.7 Å². The molecule has 0 saturated heterocycles. The largest absolute Gasteiger partial charge is 0.322 e. The van der Waals surface area contributed by atoms with Gasteiger partial charge in [0.1, 0.15) is 5.82 Å². The predicted molar refractivity (Wildman–Crippen MR) is 103 cm³/mol. The highest BCUT2D eigenvalue weighted by Gasteiger charge is 2.14. The molecule has 7 heteroatoms. The smallest absolute Gasteiger partial charge is 0.265 e. The molecule has 3 rings (SSSR count). The SMILES string of the molecule is Cc1ccc(F)cc1NC(=O)c1ccc(Cl)c(NC(=O)c2cccs2)c1. The molecule has 1 aromatic heterocycles. The molecule has 0 unspecified atom stereocenters. The topological polar surface area (TPSA) is 58.2 Å². The van der Waals surface area contributed by atoms with E-state index in [0.717, 1.165) is 5.56 Å². The van der Waals surface area contributed by atoms with E-state index in [9.17, 15) is 14.0 Å². The normalized spacial score (nSPS) is 10.4. The monoisotopic (exact) mass is 388 g/mol. The maximum absolute atomic E-state index is 13.4. The third kappa shape index (κ3) is 4.09. The van der Waals surface area contributed by atoms with Crippen LogP contribution in [0, 0.1) is 12.7 Å². The molecule has 2 aromatic carbocycles. The maximum atomic E-state index is 13.4. The number of anilines is 2. The van der Waals surface area contributed by atoms with Gasteiger partial charge in [0.25, 0.3) is 11.8 Å². The van der Waals surface area contributed by atoms with Gasteiger partial charge in [0.05, 0.1) is 15.6 Å². The van der Waals surface area contributed by atoms with Crippen molar-refractivity contribution in [2.75, 3.05) is 10.6 Å². The lowest BCUT2D eigenvalue weighted by Gasteiger charge is -2.11. The fraction of sp³-hybridized carbons (Fsp3) is 0.0526. The summed E-state index contributed by atoms with van der Waals surface area (Å²) in [5.41, 5.74) is 1.74. The first-order valence-corrected chi connectivity index (χ1v) is 8.92. The lowest BCUT2D eigenvalue weighted by Crippen LogP contribution is -2.15. The van der Waals surface area contributed by atoms with E-state index in [0.29, 0.717) is 26.8 Å². The summed E-state index contributed by atoms with van der Waals surface area (Å²) in [5.74, 6) is -1.17. The molecule has 0 radical (unpaired) electrons. The lowest BCUT2D eigenvalue weighted by molar-refractivity contribution is 0.101. The van der Waals surface area contributed by atoms with Crippen LogP contribution in [0.1, 0.15) is 25.6 Å². The minimum atomic E-state index is -0.439. The van der Waals surface area contributed by atoms with Crippen molar-refractivity contribution in [1.82, 2.24) is 0 Å². The zero-order valence-electron chi connectivity index (χ0n) is 13.7. The molecule has 0 fully saturated rings. The Bertz CT molecular complexity index is 974. The molecule has 0 saturated carbocycles. The molecule has 0 aliphatic rings. The quantitative estimate of drug-likeness (QED) is 0.632. The highest BCUT2D eigenvalue weighted by molar-refractivity contribution is 7.12. The molecule has 0 atom stereocenters. The number of amides is 2. The van der Waals surface area contributed by atoms with Gasteiger partial charge in [-0.1, -0.05) is 23.7 Å². The number of hydrogen-bond donors (Lipinski definition) is 2. The van der Waals surface area contributed by atoms with E-state index in [2.05, 4.69) is 10.6 Å². The number of benzene rings is 2. The zero-order valence-corrected chi connectivity index (χ0v) is 15.2. The fourth-order valence-electron chi connectivity index (χ4n) is 2.28. The van der Waals surface area contributed by atoms with Gasteiger partial charge in [-0.25, -0.2) is 4.39 Å². The van der Waals surface area contributed by atoms with Crippen molar-refractivity contribution in [2.24, 2.45) is 0 Å². The summed E-state index contributed by atoms with van der Waals surface area (Å²) in [7, 11) is 0. The molecule has 1 heterocycles. The lowest BCUT2D eigenvalue weighted by atomic mass is 10.1. The zero-order chi connectivity index (χ0) is 18.7. The Labute approximate surface area is 158 Å². The van der Waals surface area contributed by atoms with Crippen LogP contribution in [0.3, 0.4) is 0 Å². The van der Waals surface area contributed by atoms with Gasteiger partial charge in [-0.05, 0) is 54.3 Å². The molecule has 132 valence electrons. The fourth-order valence-corrected chi connectivity index (χ4v) is 3.06. The highest BCUT2D eigenvalue weighted by Crippen LogP contribution is 2.25. The van der Waals surface area contributed by atoms with Crippen LogP contribution in [-0.2, 0) is 0 Å². The summed E-state index contributed by atoms with van der Waals surface area (Å²) < 4.78 is 13.4. The molecule has 2 N–H and O–H groups in total. The van der Waals surface area contributed by atoms with Gasteiger partial charge in [-0.15, -0.1) is 11.3 Å². The molecule has 0 bridgehead atoms. The van der Waals surface area contributed by atoms with Gasteiger partial charge >= 0.3 is 0 Å². The average Bonchev–Trinajstić information content (AvgIpc) is 3.14. The number of carbonyl (C=O) groups excluding carboxylic acids is 2. The van der Waals surface area contributed by atoms with Crippen LogP contribution in [0.15, 0.2) is 53.9 Å². The molecule has 0 aliphatic heterocycles. The molecular weight excluding hydrogens is 375 g/mol. The van der Waals surface area contributed by atoms with Crippen molar-refractivity contribution in [3.63, 3.8) is 0 Å². The first-order valence-electron chi connectivity index (χ1n) is 7.66. The number of carbonyl (C=O) groups is 2. The maximum Gasteiger partial charge on any atom is 0.265 e. The second-order valence-electron chi connectivity index (χ2n) is 5.54. The number of aryl methyl sites for hydroxylation is 1. The second kappa shape index (κ2) is 7.68. The van der Waals surface area contributed by atoms with Gasteiger partial charge in [0.2, 0.25) is 0 Å². The summed E-state index contributed by atoms with van der Waals surface area (Å²) in [4.78, 5) is 25.2. The van der Waals surface area contributed by atoms with Gasteiger partial charge in [0.15, 0.2) is 0 Å². The van der Waals surface area contributed by atoms with Crippen LogP contribution in [0.2, 0.25) is 5.02 Å². The van der Waals surface area contributed by atoms with E-state index >= 15 is 0 Å². The van der Waals surface area contributed by atoms with Crippen molar-refractivity contribution in [3.05, 3.63) is 80.8 Å². The Morgan fingerprint density at radius 1 is 1.00 bits per heavy atom. The van der Waals surface area contributed by atoms with Crippen LogP contribution < -0.4 is 10.6 Å². The molecule has 4 nitrogen and oxygen atoms in total. The van der Waals surface area contributed by atoms with E-state index < -0.39 is 11.7 Å². The van der Waals surface area contributed by atoms with Gasteiger partial charge in [0, 0.05) is 11.3 Å². The highest BCUT2D eigenvalue weighted by atomic mass is 35.5. The Morgan fingerprint density at radius 2 is 1.77 bits per heavy atom. The number of thiophene rings is 1. The average molecular weight is 389 g/mol. The summed E-state index contributed by atoms with van der Waals surface area (Å²) in [5, 5.41) is 7.46. The van der Waals surface area contributed by atoms with Crippen molar-refractivity contribution in [2.45, 2.75) is 6.92 Å². The summed E-state index contributed by atoms with van der Waals surface area (Å²) in [6.45, 7) is 1.77. The number of rotatable bonds is 4.